The molecule has 0 amide bonds. The largest absolute Gasteiger partial charge is 0.488 e. The van der Waals surface area contributed by atoms with Crippen molar-refractivity contribution in [3.05, 3.63) is 28.8 Å². The molecule has 1 aliphatic heterocycles. The lowest BCUT2D eigenvalue weighted by atomic mass is 10.1. The van der Waals surface area contributed by atoms with Gasteiger partial charge in [0.1, 0.15) is 11.9 Å². The Labute approximate surface area is 111 Å². The van der Waals surface area contributed by atoms with Crippen LogP contribution in [0.1, 0.15) is 25.0 Å². The van der Waals surface area contributed by atoms with Crippen molar-refractivity contribution in [2.75, 3.05) is 11.5 Å². The van der Waals surface area contributed by atoms with Gasteiger partial charge in [0.25, 0.3) is 0 Å². The van der Waals surface area contributed by atoms with Gasteiger partial charge in [-0.2, -0.15) is 0 Å². The number of benzene rings is 1. The van der Waals surface area contributed by atoms with Gasteiger partial charge in [0.2, 0.25) is 0 Å². The van der Waals surface area contributed by atoms with E-state index in [1.54, 1.807) is 25.1 Å². The van der Waals surface area contributed by atoms with Gasteiger partial charge >= 0.3 is 0 Å². The first-order valence-electron chi connectivity index (χ1n) is 5.72. The SMILES string of the molecule is C[C@@H](O)c1ccc(OC2CCS(=O)(=O)C2)c(Cl)c1. The molecule has 2 atom stereocenters. The molecule has 1 aliphatic rings. The Balaban J connectivity index is 2.11. The maximum absolute atomic E-state index is 11.3. The van der Waals surface area contributed by atoms with Crippen LogP contribution in [-0.4, -0.2) is 31.1 Å². The second-order valence-corrected chi connectivity index (χ2v) is 7.14. The molecule has 1 aromatic rings. The van der Waals surface area contributed by atoms with Gasteiger partial charge in [-0.1, -0.05) is 17.7 Å². The first-order valence-corrected chi connectivity index (χ1v) is 7.92. The van der Waals surface area contributed by atoms with E-state index in [-0.39, 0.29) is 17.6 Å². The molecule has 100 valence electrons. The molecule has 1 saturated heterocycles. The lowest BCUT2D eigenvalue weighted by molar-refractivity contribution is 0.198. The van der Waals surface area contributed by atoms with Crippen LogP contribution >= 0.6 is 11.6 Å². The summed E-state index contributed by atoms with van der Waals surface area (Å²) in [4.78, 5) is 0. The molecule has 4 nitrogen and oxygen atoms in total. The minimum atomic E-state index is -2.96. The van der Waals surface area contributed by atoms with Crippen LogP contribution in [0.4, 0.5) is 0 Å². The number of halogens is 1. The topological polar surface area (TPSA) is 63.6 Å². The van der Waals surface area contributed by atoms with Crippen LogP contribution < -0.4 is 4.74 Å². The highest BCUT2D eigenvalue weighted by Crippen LogP contribution is 2.30. The van der Waals surface area contributed by atoms with E-state index in [4.69, 9.17) is 16.3 Å². The number of hydrogen-bond acceptors (Lipinski definition) is 4. The molecule has 6 heteroatoms. The molecule has 0 spiro atoms. The van der Waals surface area contributed by atoms with E-state index in [2.05, 4.69) is 0 Å². The summed E-state index contributed by atoms with van der Waals surface area (Å²) in [6.45, 7) is 1.65. The van der Waals surface area contributed by atoms with E-state index in [1.807, 2.05) is 0 Å². The highest BCUT2D eigenvalue weighted by molar-refractivity contribution is 7.91. The zero-order valence-electron chi connectivity index (χ0n) is 9.97. The number of aliphatic hydroxyl groups excluding tert-OH is 1. The Kier molecular flexibility index (Phi) is 3.84. The Morgan fingerprint density at radius 1 is 1.50 bits per heavy atom. The zero-order chi connectivity index (χ0) is 13.3. The van der Waals surface area contributed by atoms with Crippen molar-refractivity contribution in [2.24, 2.45) is 0 Å². The van der Waals surface area contributed by atoms with E-state index < -0.39 is 15.9 Å². The molecule has 1 N–H and O–H groups in total. The summed E-state index contributed by atoms with van der Waals surface area (Å²) < 4.78 is 28.2. The molecule has 0 saturated carbocycles. The van der Waals surface area contributed by atoms with E-state index in [0.29, 0.717) is 22.8 Å². The number of ether oxygens (including phenoxy) is 1. The number of sulfone groups is 1. The Bertz CT molecular complexity index is 539. The highest BCUT2D eigenvalue weighted by atomic mass is 35.5. The Morgan fingerprint density at radius 2 is 2.22 bits per heavy atom. The molecular weight excluding hydrogens is 276 g/mol. The van der Waals surface area contributed by atoms with Crippen LogP contribution in [-0.2, 0) is 9.84 Å². The zero-order valence-corrected chi connectivity index (χ0v) is 11.5. The third-order valence-electron chi connectivity index (χ3n) is 2.92. The summed E-state index contributed by atoms with van der Waals surface area (Å²) in [5.41, 5.74) is 0.700. The predicted octanol–water partition coefficient (Wildman–Crippen LogP) is 1.96. The predicted molar refractivity (Wildman–Crippen MR) is 69.8 cm³/mol. The van der Waals surface area contributed by atoms with Crippen molar-refractivity contribution in [3.8, 4) is 5.75 Å². The first-order chi connectivity index (χ1) is 8.37. The standard InChI is InChI=1S/C12H15ClO4S/c1-8(14)9-2-3-12(11(13)6-9)17-10-4-5-18(15,16)7-10/h2-3,6,8,10,14H,4-5,7H2,1H3/t8-,10?/m1/s1. The van der Waals surface area contributed by atoms with Crippen molar-refractivity contribution in [1.29, 1.82) is 0 Å². The van der Waals surface area contributed by atoms with Crippen LogP contribution in [0.5, 0.6) is 5.75 Å². The van der Waals surface area contributed by atoms with Crippen LogP contribution in [0, 0.1) is 0 Å². The van der Waals surface area contributed by atoms with E-state index in [0.717, 1.165) is 0 Å². The normalized spacial score (nSPS) is 23.8. The van der Waals surface area contributed by atoms with Gasteiger partial charge in [0.15, 0.2) is 9.84 Å². The fourth-order valence-corrected chi connectivity index (χ4v) is 3.73. The maximum Gasteiger partial charge on any atom is 0.154 e. The first kappa shape index (κ1) is 13.6. The van der Waals surface area contributed by atoms with Crippen LogP contribution in [0.15, 0.2) is 18.2 Å². The number of hydrogen-bond donors (Lipinski definition) is 1. The van der Waals surface area contributed by atoms with Gasteiger partial charge in [0.05, 0.1) is 22.6 Å². The van der Waals surface area contributed by atoms with Gasteiger partial charge in [-0.05, 0) is 31.0 Å². The Hall–Kier alpha value is -0.780. The third kappa shape index (κ3) is 3.16. The Morgan fingerprint density at radius 3 is 2.72 bits per heavy atom. The van der Waals surface area contributed by atoms with Crippen molar-refractivity contribution in [3.63, 3.8) is 0 Å². The van der Waals surface area contributed by atoms with Gasteiger partial charge in [-0.25, -0.2) is 8.42 Å². The summed E-state index contributed by atoms with van der Waals surface area (Å²) in [5, 5.41) is 9.80. The van der Waals surface area contributed by atoms with Gasteiger partial charge < -0.3 is 9.84 Å². The van der Waals surface area contributed by atoms with Crippen molar-refractivity contribution >= 4 is 21.4 Å². The summed E-state index contributed by atoms with van der Waals surface area (Å²) in [6, 6.07) is 5.01. The molecular formula is C12H15ClO4S. The molecule has 1 unspecified atom stereocenters. The van der Waals surface area contributed by atoms with Crippen LogP contribution in [0.25, 0.3) is 0 Å². The molecule has 0 aliphatic carbocycles. The lowest BCUT2D eigenvalue weighted by Gasteiger charge is -2.14. The van der Waals surface area contributed by atoms with Crippen molar-refractivity contribution < 1.29 is 18.3 Å². The number of aliphatic hydroxyl groups is 1. The summed E-state index contributed by atoms with van der Waals surface area (Å²) in [6.07, 6.45) is -0.426. The minimum Gasteiger partial charge on any atom is -0.488 e. The fourth-order valence-electron chi connectivity index (χ4n) is 1.91. The lowest BCUT2D eigenvalue weighted by Crippen LogP contribution is -2.17. The molecule has 1 fully saturated rings. The van der Waals surface area contributed by atoms with Crippen LogP contribution in [0.3, 0.4) is 0 Å². The summed E-state index contributed by atoms with van der Waals surface area (Å²) >= 11 is 6.04. The maximum atomic E-state index is 11.3. The number of rotatable bonds is 3. The van der Waals surface area contributed by atoms with Crippen molar-refractivity contribution in [1.82, 2.24) is 0 Å². The quantitative estimate of drug-likeness (QED) is 0.924. The van der Waals surface area contributed by atoms with Gasteiger partial charge in [0, 0.05) is 0 Å². The molecule has 0 radical (unpaired) electrons. The third-order valence-corrected chi connectivity index (χ3v) is 4.96. The molecule has 0 aromatic heterocycles. The average molecular weight is 291 g/mol. The molecule has 0 bridgehead atoms. The smallest absolute Gasteiger partial charge is 0.154 e. The van der Waals surface area contributed by atoms with Gasteiger partial charge in [-0.15, -0.1) is 0 Å². The van der Waals surface area contributed by atoms with E-state index >= 15 is 0 Å². The van der Waals surface area contributed by atoms with E-state index in [1.165, 1.54) is 0 Å². The molecule has 18 heavy (non-hydrogen) atoms. The van der Waals surface area contributed by atoms with E-state index in [9.17, 15) is 13.5 Å². The second-order valence-electron chi connectivity index (χ2n) is 4.51. The second kappa shape index (κ2) is 5.07. The molecule has 1 aromatic carbocycles. The molecule has 2 rings (SSSR count). The minimum absolute atomic E-state index is 0.0431. The van der Waals surface area contributed by atoms with Crippen molar-refractivity contribution in [2.45, 2.75) is 25.6 Å². The molecule has 1 heterocycles. The van der Waals surface area contributed by atoms with Crippen LogP contribution in [0.2, 0.25) is 5.02 Å². The van der Waals surface area contributed by atoms with Gasteiger partial charge in [-0.3, -0.25) is 0 Å². The summed E-state index contributed by atoms with van der Waals surface area (Å²) in [7, 11) is -2.96. The fraction of sp³-hybridized carbons (Fsp3) is 0.500. The monoisotopic (exact) mass is 290 g/mol. The summed E-state index contributed by atoms with van der Waals surface area (Å²) in [5.74, 6) is 0.672. The average Bonchev–Trinajstić information content (AvgIpc) is 2.61. The highest BCUT2D eigenvalue weighted by Gasteiger charge is 2.29.